The van der Waals surface area contributed by atoms with Gasteiger partial charge < -0.3 is 20.4 Å². The molecule has 1 fully saturated rings. The maximum atomic E-state index is 6.11. The summed E-state index contributed by atoms with van der Waals surface area (Å²) in [5.41, 5.74) is 2.00. The van der Waals surface area contributed by atoms with Crippen LogP contribution in [-0.4, -0.2) is 51.4 Å². The van der Waals surface area contributed by atoms with Gasteiger partial charge in [-0.25, -0.2) is 0 Å². The normalized spacial score (nSPS) is 21.4. The lowest BCUT2D eigenvalue weighted by molar-refractivity contribution is -1.00. The highest BCUT2D eigenvalue weighted by Gasteiger charge is 2.18. The number of hydrogen-bond donors (Lipinski definition) is 4. The Balaban J connectivity index is 1.65. The molecule has 6 heteroatoms. The van der Waals surface area contributed by atoms with Crippen LogP contribution in [0, 0.1) is 6.92 Å². The first kappa shape index (κ1) is 17.5. The molecule has 0 amide bonds. The van der Waals surface area contributed by atoms with Crippen molar-refractivity contribution in [3.63, 3.8) is 0 Å². The summed E-state index contributed by atoms with van der Waals surface area (Å²) < 4.78 is 0. The van der Waals surface area contributed by atoms with Gasteiger partial charge in [0.15, 0.2) is 5.11 Å². The minimum atomic E-state index is 0.670. The third kappa shape index (κ3) is 5.39. The van der Waals surface area contributed by atoms with Crippen LogP contribution >= 0.6 is 23.8 Å². The van der Waals surface area contributed by atoms with Crippen molar-refractivity contribution in [3.8, 4) is 0 Å². The molecule has 0 saturated carbocycles. The molecule has 1 aromatic carbocycles. The molecule has 0 aliphatic carbocycles. The standard InChI is InChI=1S/C16H25ClN4S/c1-13-14(17)5-3-6-15(13)19-16(22)18-7-4-8-21-11-9-20(2)10-12-21/h3,5-6H,4,7-12H2,1-2H3,(H2,18,19,22)/p+2. The van der Waals surface area contributed by atoms with Gasteiger partial charge in [-0.3, -0.25) is 0 Å². The van der Waals surface area contributed by atoms with Crippen LogP contribution in [-0.2, 0) is 0 Å². The van der Waals surface area contributed by atoms with Gasteiger partial charge in [0.1, 0.15) is 26.2 Å². The van der Waals surface area contributed by atoms with Gasteiger partial charge >= 0.3 is 0 Å². The smallest absolute Gasteiger partial charge is 0.170 e. The van der Waals surface area contributed by atoms with Crippen molar-refractivity contribution >= 4 is 34.6 Å². The van der Waals surface area contributed by atoms with Crippen molar-refractivity contribution in [2.45, 2.75) is 13.3 Å². The number of quaternary nitrogens is 2. The van der Waals surface area contributed by atoms with Crippen molar-refractivity contribution in [3.05, 3.63) is 28.8 Å². The fourth-order valence-corrected chi connectivity index (χ4v) is 3.12. The van der Waals surface area contributed by atoms with Crippen molar-refractivity contribution in [1.82, 2.24) is 5.32 Å². The third-order valence-corrected chi connectivity index (χ3v) is 4.98. The average molecular weight is 343 g/mol. The predicted molar refractivity (Wildman–Crippen MR) is 97.2 cm³/mol. The summed E-state index contributed by atoms with van der Waals surface area (Å²) in [6.45, 7) is 9.28. The van der Waals surface area contributed by atoms with Crippen LogP contribution in [0.3, 0.4) is 0 Å². The number of nitrogens with one attached hydrogen (secondary N) is 4. The molecule has 4 N–H and O–H groups in total. The first-order valence-electron chi connectivity index (χ1n) is 8.01. The van der Waals surface area contributed by atoms with Crippen molar-refractivity contribution in [2.24, 2.45) is 0 Å². The van der Waals surface area contributed by atoms with E-state index in [0.717, 1.165) is 29.2 Å². The topological polar surface area (TPSA) is 32.9 Å². The van der Waals surface area contributed by atoms with Crippen LogP contribution in [0.4, 0.5) is 5.69 Å². The summed E-state index contributed by atoms with van der Waals surface area (Å²) in [4.78, 5) is 3.38. The molecule has 1 saturated heterocycles. The zero-order valence-corrected chi connectivity index (χ0v) is 15.0. The van der Waals surface area contributed by atoms with E-state index in [1.807, 2.05) is 25.1 Å². The van der Waals surface area contributed by atoms with Crippen molar-refractivity contribution in [2.75, 3.05) is 51.6 Å². The Morgan fingerprint density at radius 1 is 1.27 bits per heavy atom. The Bertz CT molecular complexity index is 501. The van der Waals surface area contributed by atoms with Gasteiger partial charge in [-0.2, -0.15) is 0 Å². The van der Waals surface area contributed by atoms with Gasteiger partial charge in [0.05, 0.1) is 13.6 Å². The summed E-state index contributed by atoms with van der Waals surface area (Å²) in [5.74, 6) is 0. The molecule has 1 aliphatic rings. The van der Waals surface area contributed by atoms with Crippen LogP contribution in [0.15, 0.2) is 18.2 Å². The zero-order chi connectivity index (χ0) is 15.9. The molecule has 0 radical (unpaired) electrons. The second-order valence-corrected chi connectivity index (χ2v) is 6.92. The molecule has 22 heavy (non-hydrogen) atoms. The fraction of sp³-hybridized carbons (Fsp3) is 0.562. The number of benzene rings is 1. The van der Waals surface area contributed by atoms with E-state index >= 15 is 0 Å². The maximum Gasteiger partial charge on any atom is 0.170 e. The predicted octanol–water partition coefficient (Wildman–Crippen LogP) is -0.262. The number of rotatable bonds is 5. The van der Waals surface area contributed by atoms with Gasteiger partial charge in [-0.15, -0.1) is 0 Å². The van der Waals surface area contributed by atoms with Gasteiger partial charge in [-0.1, -0.05) is 17.7 Å². The monoisotopic (exact) mass is 342 g/mol. The minimum absolute atomic E-state index is 0.670. The Kier molecular flexibility index (Phi) is 6.89. The minimum Gasteiger partial charge on any atom is -0.362 e. The Hall–Kier alpha value is -0.880. The molecule has 0 aromatic heterocycles. The quantitative estimate of drug-likeness (QED) is 0.439. The molecule has 1 aliphatic heterocycles. The average Bonchev–Trinajstić information content (AvgIpc) is 2.50. The molecular formula is C16H27ClN4S+2. The second-order valence-electron chi connectivity index (χ2n) is 6.10. The van der Waals surface area contributed by atoms with E-state index < -0.39 is 0 Å². The molecule has 1 aromatic rings. The van der Waals surface area contributed by atoms with E-state index in [9.17, 15) is 0 Å². The van der Waals surface area contributed by atoms with Crippen LogP contribution in [0.2, 0.25) is 5.02 Å². The third-order valence-electron chi connectivity index (χ3n) is 4.32. The Morgan fingerprint density at radius 3 is 2.73 bits per heavy atom. The summed E-state index contributed by atoms with van der Waals surface area (Å²) in [7, 11) is 2.28. The van der Waals surface area contributed by atoms with E-state index in [4.69, 9.17) is 23.8 Å². The molecular weight excluding hydrogens is 316 g/mol. The second kappa shape index (κ2) is 8.67. The first-order valence-corrected chi connectivity index (χ1v) is 8.79. The summed E-state index contributed by atoms with van der Waals surface area (Å²) in [5, 5.41) is 7.93. The largest absolute Gasteiger partial charge is 0.362 e. The zero-order valence-electron chi connectivity index (χ0n) is 13.5. The van der Waals surface area contributed by atoms with Crippen LogP contribution in [0.5, 0.6) is 0 Å². The number of piperazine rings is 1. The van der Waals surface area contributed by atoms with Gasteiger partial charge in [0.2, 0.25) is 0 Å². The molecule has 0 spiro atoms. The lowest BCUT2D eigenvalue weighted by atomic mass is 10.2. The highest BCUT2D eigenvalue weighted by Crippen LogP contribution is 2.22. The van der Waals surface area contributed by atoms with Gasteiger partial charge in [0, 0.05) is 23.7 Å². The SMILES string of the molecule is Cc1c(Cl)cccc1NC(=S)NCCC[NH+]1CC[NH+](C)CC1. The molecule has 1 heterocycles. The summed E-state index contributed by atoms with van der Waals surface area (Å²) in [6, 6.07) is 5.81. The van der Waals surface area contributed by atoms with Gasteiger partial charge in [-0.05, 0) is 36.8 Å². The number of hydrogen-bond acceptors (Lipinski definition) is 1. The lowest BCUT2D eigenvalue weighted by Gasteiger charge is -2.27. The number of halogens is 1. The van der Waals surface area contributed by atoms with Gasteiger partial charge in [0.25, 0.3) is 0 Å². The van der Waals surface area contributed by atoms with E-state index in [1.165, 1.54) is 32.7 Å². The Labute approximate surface area is 143 Å². The van der Waals surface area contributed by atoms with Crippen molar-refractivity contribution < 1.29 is 9.80 Å². The van der Waals surface area contributed by atoms with E-state index in [2.05, 4.69) is 17.7 Å². The molecule has 4 nitrogen and oxygen atoms in total. The summed E-state index contributed by atoms with van der Waals surface area (Å²) in [6.07, 6.45) is 1.14. The van der Waals surface area contributed by atoms with E-state index in [0.29, 0.717) is 5.11 Å². The van der Waals surface area contributed by atoms with Crippen molar-refractivity contribution in [1.29, 1.82) is 0 Å². The first-order chi connectivity index (χ1) is 10.6. The lowest BCUT2D eigenvalue weighted by Crippen LogP contribution is -3.27. The molecule has 0 atom stereocenters. The molecule has 0 unspecified atom stereocenters. The van der Waals surface area contributed by atoms with E-state index in [1.54, 1.807) is 9.80 Å². The molecule has 0 bridgehead atoms. The van der Waals surface area contributed by atoms with E-state index in [-0.39, 0.29) is 0 Å². The highest BCUT2D eigenvalue weighted by atomic mass is 35.5. The van der Waals surface area contributed by atoms with Crippen LogP contribution in [0.1, 0.15) is 12.0 Å². The number of likely N-dealkylation sites (N-methyl/N-ethyl adjacent to an activating group) is 1. The maximum absolute atomic E-state index is 6.11. The van der Waals surface area contributed by atoms with Crippen LogP contribution in [0.25, 0.3) is 0 Å². The highest BCUT2D eigenvalue weighted by molar-refractivity contribution is 7.80. The Morgan fingerprint density at radius 2 is 2.00 bits per heavy atom. The number of thiocarbonyl (C=S) groups is 1. The fourth-order valence-electron chi connectivity index (χ4n) is 2.73. The summed E-state index contributed by atoms with van der Waals surface area (Å²) >= 11 is 11.5. The van der Waals surface area contributed by atoms with Crippen LogP contribution < -0.4 is 20.4 Å². The molecule has 122 valence electrons. The number of anilines is 1. The molecule has 2 rings (SSSR count).